The maximum absolute atomic E-state index is 12.1. The lowest BCUT2D eigenvalue weighted by Crippen LogP contribution is -2.17. The van der Waals surface area contributed by atoms with Crippen molar-refractivity contribution in [2.24, 2.45) is 5.92 Å². The Kier molecular flexibility index (Phi) is 4.95. The van der Waals surface area contributed by atoms with Gasteiger partial charge in [-0.1, -0.05) is 42.4 Å². The van der Waals surface area contributed by atoms with Gasteiger partial charge in [0.2, 0.25) is 5.91 Å². The van der Waals surface area contributed by atoms with E-state index in [4.69, 9.17) is 4.98 Å². The number of anilines is 1. The fraction of sp³-hybridized carbons (Fsp3) is 0.250. The molecule has 0 fully saturated rings. The first-order valence-electron chi connectivity index (χ1n) is 8.25. The van der Waals surface area contributed by atoms with Crippen molar-refractivity contribution in [3.8, 4) is 21.7 Å². The molecule has 0 aliphatic carbocycles. The van der Waals surface area contributed by atoms with Crippen LogP contribution in [0.15, 0.2) is 42.7 Å². The molecule has 0 bridgehead atoms. The van der Waals surface area contributed by atoms with E-state index in [0.29, 0.717) is 5.13 Å². The largest absolute Gasteiger partial charge is 0.302 e. The van der Waals surface area contributed by atoms with Gasteiger partial charge >= 0.3 is 0 Å². The molecule has 1 N–H and O–H groups in total. The van der Waals surface area contributed by atoms with Gasteiger partial charge in [-0.05, 0) is 43.7 Å². The van der Waals surface area contributed by atoms with Crippen LogP contribution in [-0.2, 0) is 4.79 Å². The first-order valence-corrected chi connectivity index (χ1v) is 9.06. The molecule has 3 rings (SSSR count). The first-order chi connectivity index (χ1) is 11.9. The summed E-state index contributed by atoms with van der Waals surface area (Å²) in [4.78, 5) is 21.9. The molecule has 0 aliphatic rings. The minimum Gasteiger partial charge on any atom is -0.302 e. The molecule has 4 nitrogen and oxygen atoms in total. The van der Waals surface area contributed by atoms with Crippen LogP contribution < -0.4 is 5.32 Å². The Morgan fingerprint density at radius 3 is 2.28 bits per heavy atom. The van der Waals surface area contributed by atoms with Crippen LogP contribution >= 0.6 is 11.3 Å². The van der Waals surface area contributed by atoms with Gasteiger partial charge in [-0.15, -0.1) is 0 Å². The highest BCUT2D eigenvalue weighted by atomic mass is 32.1. The van der Waals surface area contributed by atoms with Crippen LogP contribution in [0.4, 0.5) is 5.13 Å². The van der Waals surface area contributed by atoms with Crippen LogP contribution in [-0.4, -0.2) is 15.9 Å². The number of aromatic nitrogens is 2. The average molecular weight is 351 g/mol. The molecule has 1 aromatic carbocycles. The number of nitrogens with one attached hydrogen (secondary N) is 1. The monoisotopic (exact) mass is 351 g/mol. The lowest BCUT2D eigenvalue weighted by molar-refractivity contribution is -0.118. The average Bonchev–Trinajstić information content (AvgIpc) is 2.98. The van der Waals surface area contributed by atoms with Gasteiger partial charge in [0.05, 0.1) is 10.6 Å². The summed E-state index contributed by atoms with van der Waals surface area (Å²) in [6, 6.07) is 10.3. The number of thiazole rings is 1. The Balaban J connectivity index is 2.11. The van der Waals surface area contributed by atoms with E-state index in [0.717, 1.165) is 21.7 Å². The summed E-state index contributed by atoms with van der Waals surface area (Å²) in [5.74, 6) is -0.111. The SMILES string of the molecule is Cc1cc(C)cc(-c2nc(NC(=O)C(C)C)sc2-c2ccncc2)c1. The number of carbonyl (C=O) groups excluding carboxylic acids is 1. The van der Waals surface area contributed by atoms with Gasteiger partial charge in [0.15, 0.2) is 5.13 Å². The van der Waals surface area contributed by atoms with E-state index in [9.17, 15) is 4.79 Å². The second-order valence-corrected chi connectivity index (χ2v) is 7.45. The summed E-state index contributed by atoms with van der Waals surface area (Å²) in [5, 5.41) is 3.55. The van der Waals surface area contributed by atoms with Gasteiger partial charge in [0, 0.05) is 23.9 Å². The first kappa shape index (κ1) is 17.3. The molecule has 0 unspecified atom stereocenters. The Labute approximate surface area is 152 Å². The van der Waals surface area contributed by atoms with Crippen molar-refractivity contribution in [2.75, 3.05) is 5.32 Å². The molecule has 0 aliphatic heterocycles. The van der Waals surface area contributed by atoms with Crippen LogP contribution in [0.2, 0.25) is 0 Å². The number of amides is 1. The molecule has 1 amide bonds. The van der Waals surface area contributed by atoms with E-state index in [1.54, 1.807) is 12.4 Å². The molecule has 3 aromatic rings. The minimum atomic E-state index is -0.0852. The lowest BCUT2D eigenvalue weighted by Gasteiger charge is -2.05. The minimum absolute atomic E-state index is 0.0259. The molecular weight excluding hydrogens is 330 g/mol. The van der Waals surface area contributed by atoms with Gasteiger partial charge < -0.3 is 5.32 Å². The summed E-state index contributed by atoms with van der Waals surface area (Å²) in [6.07, 6.45) is 3.54. The second kappa shape index (κ2) is 7.15. The summed E-state index contributed by atoms with van der Waals surface area (Å²) in [5.41, 5.74) is 5.38. The summed E-state index contributed by atoms with van der Waals surface area (Å²) >= 11 is 1.49. The zero-order chi connectivity index (χ0) is 18.0. The summed E-state index contributed by atoms with van der Waals surface area (Å²) < 4.78 is 0. The number of nitrogens with zero attached hydrogens (tertiary/aromatic N) is 2. The molecule has 0 saturated carbocycles. The summed E-state index contributed by atoms with van der Waals surface area (Å²) in [7, 11) is 0. The quantitative estimate of drug-likeness (QED) is 0.713. The van der Waals surface area contributed by atoms with Gasteiger partial charge in [0.25, 0.3) is 0 Å². The number of pyridine rings is 1. The van der Waals surface area contributed by atoms with Gasteiger partial charge in [-0.25, -0.2) is 4.98 Å². The second-order valence-electron chi connectivity index (χ2n) is 6.45. The van der Waals surface area contributed by atoms with Gasteiger partial charge in [0.1, 0.15) is 0 Å². The summed E-state index contributed by atoms with van der Waals surface area (Å²) in [6.45, 7) is 7.90. The van der Waals surface area contributed by atoms with Crippen molar-refractivity contribution in [3.05, 3.63) is 53.9 Å². The Bertz CT molecular complexity index is 880. The van der Waals surface area contributed by atoms with Crippen molar-refractivity contribution >= 4 is 22.4 Å². The number of aryl methyl sites for hydroxylation is 2. The van der Waals surface area contributed by atoms with Crippen LogP contribution in [0, 0.1) is 19.8 Å². The smallest absolute Gasteiger partial charge is 0.228 e. The third kappa shape index (κ3) is 3.94. The number of hydrogen-bond acceptors (Lipinski definition) is 4. The molecule has 0 saturated heterocycles. The lowest BCUT2D eigenvalue weighted by atomic mass is 10.0. The number of carbonyl (C=O) groups is 1. The van der Waals surface area contributed by atoms with E-state index >= 15 is 0 Å². The molecule has 0 atom stereocenters. The maximum atomic E-state index is 12.1. The van der Waals surface area contributed by atoms with Crippen molar-refractivity contribution in [3.63, 3.8) is 0 Å². The van der Waals surface area contributed by atoms with Crippen molar-refractivity contribution in [1.29, 1.82) is 0 Å². The van der Waals surface area contributed by atoms with Crippen molar-refractivity contribution < 1.29 is 4.79 Å². The zero-order valence-corrected chi connectivity index (χ0v) is 15.6. The van der Waals surface area contributed by atoms with Crippen molar-refractivity contribution in [1.82, 2.24) is 9.97 Å². The van der Waals surface area contributed by atoms with Crippen LogP contribution in [0.3, 0.4) is 0 Å². The molecule has 2 aromatic heterocycles. The zero-order valence-electron chi connectivity index (χ0n) is 14.8. The maximum Gasteiger partial charge on any atom is 0.228 e. The van der Waals surface area contributed by atoms with Crippen LogP contribution in [0.1, 0.15) is 25.0 Å². The van der Waals surface area contributed by atoms with Crippen LogP contribution in [0.25, 0.3) is 21.7 Å². The fourth-order valence-corrected chi connectivity index (χ4v) is 3.63. The molecule has 128 valence electrons. The van der Waals surface area contributed by atoms with E-state index in [-0.39, 0.29) is 11.8 Å². The fourth-order valence-electron chi connectivity index (χ4n) is 2.63. The Morgan fingerprint density at radius 1 is 1.04 bits per heavy atom. The predicted molar refractivity (Wildman–Crippen MR) is 104 cm³/mol. The van der Waals surface area contributed by atoms with E-state index in [2.05, 4.69) is 42.3 Å². The van der Waals surface area contributed by atoms with Crippen LogP contribution in [0.5, 0.6) is 0 Å². The molecule has 2 heterocycles. The predicted octanol–water partition coefficient (Wildman–Crippen LogP) is 5.08. The highest BCUT2D eigenvalue weighted by molar-refractivity contribution is 7.19. The molecule has 0 radical (unpaired) electrons. The highest BCUT2D eigenvalue weighted by Crippen LogP contribution is 2.39. The van der Waals surface area contributed by atoms with E-state index < -0.39 is 0 Å². The third-order valence-corrected chi connectivity index (χ3v) is 4.84. The van der Waals surface area contributed by atoms with Gasteiger partial charge in [-0.2, -0.15) is 0 Å². The van der Waals surface area contributed by atoms with E-state index in [1.165, 1.54) is 22.5 Å². The molecule has 0 spiro atoms. The standard InChI is InChI=1S/C20H21N3OS/c1-12(2)19(24)23-20-22-17(16-10-13(3)9-14(4)11-16)18(25-20)15-5-7-21-8-6-15/h5-12H,1-4H3,(H,22,23,24). The molecule has 5 heteroatoms. The van der Waals surface area contributed by atoms with Crippen molar-refractivity contribution in [2.45, 2.75) is 27.7 Å². The number of hydrogen-bond donors (Lipinski definition) is 1. The number of rotatable bonds is 4. The van der Waals surface area contributed by atoms with E-state index in [1.807, 2.05) is 26.0 Å². The normalized spacial score (nSPS) is 10.9. The Morgan fingerprint density at radius 2 is 1.68 bits per heavy atom. The molecular formula is C20H21N3OS. The third-order valence-electron chi connectivity index (χ3n) is 3.82. The number of benzene rings is 1. The topological polar surface area (TPSA) is 54.9 Å². The molecule has 25 heavy (non-hydrogen) atoms. The Hall–Kier alpha value is -2.53. The van der Waals surface area contributed by atoms with Gasteiger partial charge in [-0.3, -0.25) is 9.78 Å². The highest BCUT2D eigenvalue weighted by Gasteiger charge is 2.17.